The van der Waals surface area contributed by atoms with Crippen molar-refractivity contribution in [1.29, 1.82) is 0 Å². The molecule has 0 bridgehead atoms. The van der Waals surface area contributed by atoms with Crippen LogP contribution in [0.5, 0.6) is 11.5 Å². The highest BCUT2D eigenvalue weighted by atomic mass is 32.1. The number of hydrogen-bond donors (Lipinski definition) is 3. The zero-order valence-electron chi connectivity index (χ0n) is 12.6. The van der Waals surface area contributed by atoms with Crippen molar-refractivity contribution >= 4 is 28.9 Å². The number of hydrazine groups is 1. The quantitative estimate of drug-likeness (QED) is 0.571. The Labute approximate surface area is 130 Å². The van der Waals surface area contributed by atoms with Crippen molar-refractivity contribution in [1.82, 2.24) is 10.9 Å². The summed E-state index contributed by atoms with van der Waals surface area (Å²) in [7, 11) is 3.14. The Morgan fingerprint density at radius 2 is 1.95 bits per heavy atom. The van der Waals surface area contributed by atoms with E-state index < -0.39 is 0 Å². The highest BCUT2D eigenvalue weighted by Gasteiger charge is 2.08. The second-order valence-corrected chi connectivity index (χ2v) is 5.20. The summed E-state index contributed by atoms with van der Waals surface area (Å²) in [4.78, 5) is 11.5. The molecule has 1 amide bonds. The summed E-state index contributed by atoms with van der Waals surface area (Å²) in [5, 5.41) is 3.22. The lowest BCUT2D eigenvalue weighted by Gasteiger charge is -2.15. The van der Waals surface area contributed by atoms with Crippen LogP contribution in [0.25, 0.3) is 0 Å². The summed E-state index contributed by atoms with van der Waals surface area (Å²) in [5.74, 6) is 1.44. The Bertz CT molecular complexity index is 506. The van der Waals surface area contributed by atoms with E-state index >= 15 is 0 Å². The van der Waals surface area contributed by atoms with Crippen LogP contribution in [-0.2, 0) is 4.79 Å². The predicted molar refractivity (Wildman–Crippen MR) is 86.5 cm³/mol. The first-order valence-corrected chi connectivity index (χ1v) is 6.95. The van der Waals surface area contributed by atoms with Crippen molar-refractivity contribution in [2.45, 2.75) is 20.3 Å². The van der Waals surface area contributed by atoms with E-state index in [0.717, 1.165) is 0 Å². The number of thiocarbonyl (C=S) groups is 1. The molecule has 0 aromatic heterocycles. The van der Waals surface area contributed by atoms with Crippen LogP contribution in [-0.4, -0.2) is 25.2 Å². The SMILES string of the molecule is COc1ccc(NC(=S)NNC(=O)CC(C)C)c(OC)c1. The Hall–Kier alpha value is -2.02. The number of amides is 1. The van der Waals surface area contributed by atoms with Gasteiger partial charge in [0.1, 0.15) is 11.5 Å². The molecular weight excluding hydrogens is 290 g/mol. The number of benzene rings is 1. The van der Waals surface area contributed by atoms with E-state index in [0.29, 0.717) is 23.6 Å². The first kappa shape index (κ1) is 17.0. The number of carbonyl (C=O) groups is 1. The molecule has 1 rings (SSSR count). The number of rotatable bonds is 5. The molecular formula is C14H21N3O3S. The monoisotopic (exact) mass is 311 g/mol. The number of anilines is 1. The van der Waals surface area contributed by atoms with Crippen LogP contribution >= 0.6 is 12.2 Å². The highest BCUT2D eigenvalue weighted by molar-refractivity contribution is 7.80. The second kappa shape index (κ2) is 8.31. The molecule has 1 aromatic rings. The van der Waals surface area contributed by atoms with Gasteiger partial charge in [0.05, 0.1) is 19.9 Å². The molecule has 0 aliphatic carbocycles. The van der Waals surface area contributed by atoms with Gasteiger partial charge >= 0.3 is 0 Å². The molecule has 7 heteroatoms. The van der Waals surface area contributed by atoms with Crippen molar-refractivity contribution in [3.63, 3.8) is 0 Å². The van der Waals surface area contributed by atoms with Gasteiger partial charge in [-0.2, -0.15) is 0 Å². The zero-order chi connectivity index (χ0) is 15.8. The summed E-state index contributed by atoms with van der Waals surface area (Å²) in [6, 6.07) is 5.30. The van der Waals surface area contributed by atoms with Gasteiger partial charge < -0.3 is 14.8 Å². The number of ether oxygens (including phenoxy) is 2. The third-order valence-electron chi connectivity index (χ3n) is 2.57. The fourth-order valence-corrected chi connectivity index (χ4v) is 1.76. The molecule has 0 saturated heterocycles. The minimum absolute atomic E-state index is 0.115. The summed E-state index contributed by atoms with van der Waals surface area (Å²) in [6.45, 7) is 3.94. The molecule has 0 radical (unpaired) electrons. The summed E-state index contributed by atoms with van der Waals surface area (Å²) >= 11 is 5.11. The molecule has 3 N–H and O–H groups in total. The van der Waals surface area contributed by atoms with Gasteiger partial charge in [-0.05, 0) is 30.3 Å². The van der Waals surface area contributed by atoms with E-state index in [2.05, 4.69) is 16.2 Å². The van der Waals surface area contributed by atoms with E-state index in [1.807, 2.05) is 13.8 Å². The van der Waals surface area contributed by atoms with E-state index in [9.17, 15) is 4.79 Å². The minimum Gasteiger partial charge on any atom is -0.497 e. The van der Waals surface area contributed by atoms with Gasteiger partial charge in [0, 0.05) is 12.5 Å². The Kier molecular flexibility index (Phi) is 6.74. The van der Waals surface area contributed by atoms with Crippen LogP contribution in [0.4, 0.5) is 5.69 Å². The first-order chi connectivity index (χ1) is 9.96. The van der Waals surface area contributed by atoms with Crippen molar-refractivity contribution < 1.29 is 14.3 Å². The van der Waals surface area contributed by atoms with Gasteiger partial charge in [0.15, 0.2) is 5.11 Å². The normalized spacial score (nSPS) is 9.95. The van der Waals surface area contributed by atoms with E-state index in [1.54, 1.807) is 32.4 Å². The van der Waals surface area contributed by atoms with Gasteiger partial charge in [-0.3, -0.25) is 15.6 Å². The largest absolute Gasteiger partial charge is 0.497 e. The molecule has 1 aromatic carbocycles. The predicted octanol–water partition coefficient (Wildman–Crippen LogP) is 2.07. The molecule has 0 aliphatic rings. The third-order valence-corrected chi connectivity index (χ3v) is 2.77. The van der Waals surface area contributed by atoms with Gasteiger partial charge in [-0.15, -0.1) is 0 Å². The van der Waals surface area contributed by atoms with Crippen LogP contribution < -0.4 is 25.6 Å². The fraction of sp³-hybridized carbons (Fsp3) is 0.429. The Morgan fingerprint density at radius 1 is 1.24 bits per heavy atom. The van der Waals surface area contributed by atoms with Crippen molar-refractivity contribution in [2.24, 2.45) is 5.92 Å². The molecule has 0 heterocycles. The molecule has 0 aliphatic heterocycles. The van der Waals surface area contributed by atoms with Crippen LogP contribution in [0.1, 0.15) is 20.3 Å². The minimum atomic E-state index is -0.115. The summed E-state index contributed by atoms with van der Waals surface area (Å²) in [6.07, 6.45) is 0.432. The maximum Gasteiger partial charge on any atom is 0.238 e. The average molecular weight is 311 g/mol. The standard InChI is InChI=1S/C14H21N3O3S/c1-9(2)7-13(18)16-17-14(21)15-11-6-5-10(19-3)8-12(11)20-4/h5-6,8-9H,7H2,1-4H3,(H,16,18)(H2,15,17,21). The molecule has 21 heavy (non-hydrogen) atoms. The Balaban J connectivity index is 2.56. The topological polar surface area (TPSA) is 71.6 Å². The lowest BCUT2D eigenvalue weighted by Crippen LogP contribution is -2.44. The zero-order valence-corrected chi connectivity index (χ0v) is 13.5. The number of nitrogens with one attached hydrogen (secondary N) is 3. The lowest BCUT2D eigenvalue weighted by molar-refractivity contribution is -0.122. The number of hydrogen-bond acceptors (Lipinski definition) is 4. The molecule has 0 fully saturated rings. The van der Waals surface area contributed by atoms with E-state index in [4.69, 9.17) is 21.7 Å². The smallest absolute Gasteiger partial charge is 0.238 e. The van der Waals surface area contributed by atoms with E-state index in [1.165, 1.54) is 0 Å². The van der Waals surface area contributed by atoms with Crippen LogP contribution in [0.3, 0.4) is 0 Å². The molecule has 0 atom stereocenters. The fourth-order valence-electron chi connectivity index (χ4n) is 1.60. The van der Waals surface area contributed by atoms with Crippen molar-refractivity contribution in [3.8, 4) is 11.5 Å². The second-order valence-electron chi connectivity index (χ2n) is 4.79. The maximum atomic E-state index is 11.5. The Morgan fingerprint density at radius 3 is 2.52 bits per heavy atom. The summed E-state index contributed by atoms with van der Waals surface area (Å²) < 4.78 is 10.4. The molecule has 0 saturated carbocycles. The molecule has 6 nitrogen and oxygen atoms in total. The van der Waals surface area contributed by atoms with Gasteiger partial charge in [0.25, 0.3) is 0 Å². The molecule has 0 unspecified atom stereocenters. The maximum absolute atomic E-state index is 11.5. The van der Waals surface area contributed by atoms with E-state index in [-0.39, 0.29) is 16.9 Å². The van der Waals surface area contributed by atoms with Gasteiger partial charge in [-0.1, -0.05) is 13.8 Å². The van der Waals surface area contributed by atoms with Gasteiger partial charge in [-0.25, -0.2) is 0 Å². The van der Waals surface area contributed by atoms with Gasteiger partial charge in [0.2, 0.25) is 5.91 Å². The highest BCUT2D eigenvalue weighted by Crippen LogP contribution is 2.28. The number of methoxy groups -OCH3 is 2. The van der Waals surface area contributed by atoms with Crippen LogP contribution in [0, 0.1) is 5.92 Å². The van der Waals surface area contributed by atoms with Crippen LogP contribution in [0.15, 0.2) is 18.2 Å². The van der Waals surface area contributed by atoms with Crippen molar-refractivity contribution in [3.05, 3.63) is 18.2 Å². The molecule has 116 valence electrons. The third kappa shape index (κ3) is 5.86. The number of carbonyl (C=O) groups excluding carboxylic acids is 1. The van der Waals surface area contributed by atoms with Crippen LogP contribution in [0.2, 0.25) is 0 Å². The lowest BCUT2D eigenvalue weighted by atomic mass is 10.1. The molecule has 0 spiro atoms. The first-order valence-electron chi connectivity index (χ1n) is 6.54. The van der Waals surface area contributed by atoms with Crippen molar-refractivity contribution in [2.75, 3.05) is 19.5 Å². The summed E-state index contributed by atoms with van der Waals surface area (Å²) in [5.41, 5.74) is 5.86. The average Bonchev–Trinajstić information content (AvgIpc) is 2.45.